The Bertz CT molecular complexity index is 630. The zero-order valence-corrected chi connectivity index (χ0v) is 13.2. The fraction of sp³-hybridized carbons (Fsp3) is 0.333. The van der Waals surface area contributed by atoms with E-state index in [1.807, 2.05) is 0 Å². The highest BCUT2D eigenvalue weighted by Crippen LogP contribution is 2.22. The summed E-state index contributed by atoms with van der Waals surface area (Å²) in [6.07, 6.45) is 2.17. The van der Waals surface area contributed by atoms with E-state index in [0.29, 0.717) is 11.0 Å². The van der Waals surface area contributed by atoms with E-state index in [9.17, 15) is 4.79 Å². The van der Waals surface area contributed by atoms with Crippen LogP contribution in [0.3, 0.4) is 0 Å². The molecule has 0 bridgehead atoms. The predicted molar refractivity (Wildman–Crippen MR) is 80.7 cm³/mol. The summed E-state index contributed by atoms with van der Waals surface area (Å²) in [5.74, 6) is 0.103. The topological polar surface area (TPSA) is 67.8 Å². The highest BCUT2D eigenvalue weighted by molar-refractivity contribution is 7.15. The molecule has 2 aromatic heterocycles. The summed E-state index contributed by atoms with van der Waals surface area (Å²) in [5, 5.41) is 12.4. The van der Waals surface area contributed by atoms with E-state index in [2.05, 4.69) is 34.3 Å². The number of halogens is 2. The standard InChI is InChI=1S/C12H12Cl2N4OS/c1-6(2)3-10-17-18-12(20-10)16-11(19)7-4-9(14)15-5-8(7)13/h4-6H,3H2,1-2H3,(H,16,18,19). The molecule has 5 nitrogen and oxygen atoms in total. The van der Waals surface area contributed by atoms with Crippen LogP contribution in [0.1, 0.15) is 29.2 Å². The van der Waals surface area contributed by atoms with Gasteiger partial charge in [-0.05, 0) is 12.0 Å². The van der Waals surface area contributed by atoms with Crippen molar-refractivity contribution in [2.24, 2.45) is 5.92 Å². The van der Waals surface area contributed by atoms with Crippen LogP contribution in [0, 0.1) is 5.92 Å². The first kappa shape index (κ1) is 15.2. The van der Waals surface area contributed by atoms with Gasteiger partial charge in [0.25, 0.3) is 5.91 Å². The van der Waals surface area contributed by atoms with E-state index in [1.165, 1.54) is 23.6 Å². The van der Waals surface area contributed by atoms with Crippen molar-refractivity contribution in [3.63, 3.8) is 0 Å². The number of carbonyl (C=O) groups is 1. The first-order valence-corrected chi connectivity index (χ1v) is 7.47. The number of hydrogen-bond acceptors (Lipinski definition) is 5. The molecule has 8 heteroatoms. The number of nitrogens with zero attached hydrogens (tertiary/aromatic N) is 3. The fourth-order valence-corrected chi connectivity index (χ4v) is 2.78. The van der Waals surface area contributed by atoms with Crippen LogP contribution in [0.25, 0.3) is 0 Å². The molecule has 1 N–H and O–H groups in total. The Balaban J connectivity index is 2.11. The number of pyridine rings is 1. The summed E-state index contributed by atoms with van der Waals surface area (Å²) in [5.41, 5.74) is 0.257. The van der Waals surface area contributed by atoms with E-state index >= 15 is 0 Å². The molecular weight excluding hydrogens is 319 g/mol. The summed E-state index contributed by atoms with van der Waals surface area (Å²) in [7, 11) is 0. The lowest BCUT2D eigenvalue weighted by Gasteiger charge is -2.03. The molecule has 0 saturated heterocycles. The maximum Gasteiger partial charge on any atom is 0.259 e. The molecule has 20 heavy (non-hydrogen) atoms. The van der Waals surface area contributed by atoms with Crippen molar-refractivity contribution in [1.29, 1.82) is 0 Å². The van der Waals surface area contributed by atoms with Gasteiger partial charge in [-0.15, -0.1) is 10.2 Å². The SMILES string of the molecule is CC(C)Cc1nnc(NC(=O)c2cc(Cl)ncc2Cl)s1. The highest BCUT2D eigenvalue weighted by Gasteiger charge is 2.14. The minimum absolute atomic E-state index is 0.206. The third-order valence-corrected chi connectivity index (χ3v) is 3.71. The summed E-state index contributed by atoms with van der Waals surface area (Å²) < 4.78 is 0. The van der Waals surface area contributed by atoms with Crippen molar-refractivity contribution in [3.8, 4) is 0 Å². The van der Waals surface area contributed by atoms with Crippen LogP contribution >= 0.6 is 34.5 Å². The van der Waals surface area contributed by atoms with Crippen LogP contribution < -0.4 is 5.32 Å². The number of nitrogens with one attached hydrogen (secondary N) is 1. The zero-order chi connectivity index (χ0) is 14.7. The van der Waals surface area contributed by atoms with Crippen molar-refractivity contribution in [3.05, 3.63) is 33.0 Å². The Hall–Kier alpha value is -1.24. The van der Waals surface area contributed by atoms with Crippen LogP contribution in [0.4, 0.5) is 5.13 Å². The van der Waals surface area contributed by atoms with Gasteiger partial charge in [-0.2, -0.15) is 0 Å². The molecule has 0 spiro atoms. The monoisotopic (exact) mass is 330 g/mol. The Labute approximate surface area is 130 Å². The van der Waals surface area contributed by atoms with E-state index in [-0.39, 0.29) is 21.6 Å². The molecule has 0 aliphatic rings. The quantitative estimate of drug-likeness (QED) is 0.868. The van der Waals surface area contributed by atoms with Gasteiger partial charge in [-0.25, -0.2) is 4.98 Å². The lowest BCUT2D eigenvalue weighted by Crippen LogP contribution is -2.12. The number of rotatable bonds is 4. The third kappa shape index (κ3) is 3.88. The molecule has 0 radical (unpaired) electrons. The van der Waals surface area contributed by atoms with Crippen LogP contribution in [0.15, 0.2) is 12.3 Å². The molecule has 0 aromatic carbocycles. The summed E-state index contributed by atoms with van der Waals surface area (Å²) in [6, 6.07) is 1.41. The van der Waals surface area contributed by atoms with Gasteiger partial charge < -0.3 is 0 Å². The van der Waals surface area contributed by atoms with E-state index < -0.39 is 0 Å². The number of hydrogen-bond donors (Lipinski definition) is 1. The fourth-order valence-electron chi connectivity index (χ4n) is 1.49. The normalized spacial score (nSPS) is 10.8. The van der Waals surface area contributed by atoms with E-state index in [0.717, 1.165) is 11.4 Å². The molecule has 0 atom stereocenters. The first-order valence-electron chi connectivity index (χ1n) is 5.90. The van der Waals surface area contributed by atoms with E-state index in [4.69, 9.17) is 23.2 Å². The van der Waals surface area contributed by atoms with Gasteiger partial charge in [0.15, 0.2) is 0 Å². The average molecular weight is 331 g/mol. The Morgan fingerprint density at radius 3 is 2.85 bits per heavy atom. The molecule has 2 rings (SSSR count). The minimum atomic E-state index is -0.383. The van der Waals surface area contributed by atoms with Crippen LogP contribution in [0.5, 0.6) is 0 Å². The summed E-state index contributed by atoms with van der Waals surface area (Å²) in [4.78, 5) is 15.9. The molecule has 0 saturated carbocycles. The van der Waals surface area contributed by atoms with Gasteiger partial charge in [0, 0.05) is 12.6 Å². The molecule has 106 valence electrons. The minimum Gasteiger partial charge on any atom is -0.296 e. The van der Waals surface area contributed by atoms with Gasteiger partial charge >= 0.3 is 0 Å². The maximum atomic E-state index is 12.1. The zero-order valence-electron chi connectivity index (χ0n) is 10.9. The maximum absolute atomic E-state index is 12.1. The van der Waals surface area contributed by atoms with Gasteiger partial charge in [0.2, 0.25) is 5.13 Å². The molecule has 2 aromatic rings. The third-order valence-electron chi connectivity index (χ3n) is 2.34. The van der Waals surface area contributed by atoms with Crippen LogP contribution in [-0.4, -0.2) is 21.1 Å². The molecule has 2 heterocycles. The van der Waals surface area contributed by atoms with Crippen molar-refractivity contribution >= 4 is 45.6 Å². The Morgan fingerprint density at radius 1 is 1.40 bits per heavy atom. The number of anilines is 1. The van der Waals surface area contributed by atoms with Crippen LogP contribution in [-0.2, 0) is 6.42 Å². The second-order valence-corrected chi connectivity index (χ2v) is 6.40. The number of aromatic nitrogens is 3. The lowest BCUT2D eigenvalue weighted by atomic mass is 10.1. The summed E-state index contributed by atoms with van der Waals surface area (Å²) >= 11 is 13.0. The number of carbonyl (C=O) groups excluding carboxylic acids is 1. The number of amides is 1. The molecule has 0 unspecified atom stereocenters. The van der Waals surface area contributed by atoms with Gasteiger partial charge in [-0.3, -0.25) is 10.1 Å². The second kappa shape index (κ2) is 6.47. The molecule has 0 aliphatic heterocycles. The van der Waals surface area contributed by atoms with E-state index in [1.54, 1.807) is 0 Å². The molecule has 0 aliphatic carbocycles. The molecule has 0 fully saturated rings. The van der Waals surface area contributed by atoms with Crippen LogP contribution in [0.2, 0.25) is 10.2 Å². The Kier molecular flexibility index (Phi) is 4.91. The largest absolute Gasteiger partial charge is 0.296 e. The van der Waals surface area contributed by atoms with Crippen molar-refractivity contribution in [2.45, 2.75) is 20.3 Å². The average Bonchev–Trinajstić information content (AvgIpc) is 2.78. The summed E-state index contributed by atoms with van der Waals surface area (Å²) in [6.45, 7) is 4.19. The second-order valence-electron chi connectivity index (χ2n) is 4.54. The van der Waals surface area contributed by atoms with Crippen molar-refractivity contribution < 1.29 is 4.79 Å². The molecular formula is C12H12Cl2N4OS. The predicted octanol–water partition coefficient (Wildman–Crippen LogP) is 3.69. The lowest BCUT2D eigenvalue weighted by molar-refractivity contribution is 0.102. The highest BCUT2D eigenvalue weighted by atomic mass is 35.5. The molecule has 1 amide bonds. The van der Waals surface area contributed by atoms with Crippen molar-refractivity contribution in [2.75, 3.05) is 5.32 Å². The van der Waals surface area contributed by atoms with Gasteiger partial charge in [0.05, 0.1) is 10.6 Å². The first-order chi connectivity index (χ1) is 9.45. The van der Waals surface area contributed by atoms with Crippen molar-refractivity contribution in [1.82, 2.24) is 15.2 Å². The van der Waals surface area contributed by atoms with Gasteiger partial charge in [0.1, 0.15) is 10.2 Å². The Morgan fingerprint density at radius 2 is 2.15 bits per heavy atom. The van der Waals surface area contributed by atoms with Gasteiger partial charge in [-0.1, -0.05) is 48.4 Å². The smallest absolute Gasteiger partial charge is 0.259 e.